The van der Waals surface area contributed by atoms with Gasteiger partial charge in [0, 0.05) is 29.4 Å². The highest BCUT2D eigenvalue weighted by Crippen LogP contribution is 2.53. The molecule has 2 aliphatic rings. The molecule has 0 radical (unpaired) electrons. The number of rotatable bonds is 0. The molecule has 0 heterocycles. The van der Waals surface area contributed by atoms with Crippen LogP contribution in [0.3, 0.4) is 0 Å². The van der Waals surface area contributed by atoms with Gasteiger partial charge in [-0.2, -0.15) is 0 Å². The van der Waals surface area contributed by atoms with E-state index in [0.717, 1.165) is 11.1 Å². The summed E-state index contributed by atoms with van der Waals surface area (Å²) in [4.78, 5) is 25.0. The summed E-state index contributed by atoms with van der Waals surface area (Å²) in [7, 11) is 0. The number of Topliss-reactive ketones (excluding diaryl/α,β-unsaturated/α-hetero) is 2. The summed E-state index contributed by atoms with van der Waals surface area (Å²) in [6.45, 7) is 0. The molecule has 23 heavy (non-hydrogen) atoms. The van der Waals surface area contributed by atoms with E-state index in [0.29, 0.717) is 33.9 Å². The van der Waals surface area contributed by atoms with Crippen molar-refractivity contribution in [3.05, 3.63) is 46.5 Å². The van der Waals surface area contributed by atoms with E-state index in [1.54, 1.807) is 24.3 Å². The van der Waals surface area contributed by atoms with Crippen LogP contribution < -0.4 is 22.9 Å². The Hall–Kier alpha value is -3.02. The fourth-order valence-electron chi connectivity index (χ4n) is 3.85. The van der Waals surface area contributed by atoms with Gasteiger partial charge in [0.25, 0.3) is 0 Å². The first-order valence-electron chi connectivity index (χ1n) is 7.29. The van der Waals surface area contributed by atoms with E-state index in [4.69, 9.17) is 22.9 Å². The van der Waals surface area contributed by atoms with Gasteiger partial charge in [0.05, 0.1) is 22.7 Å². The van der Waals surface area contributed by atoms with Crippen molar-refractivity contribution in [2.45, 2.75) is 18.3 Å². The molecule has 0 fully saturated rings. The zero-order valence-electron chi connectivity index (χ0n) is 12.3. The number of fused-ring (bicyclic) bond motifs is 4. The molecular formula is C17H16N4O2. The lowest BCUT2D eigenvalue weighted by Gasteiger charge is -2.25. The second-order valence-electron chi connectivity index (χ2n) is 6.34. The van der Waals surface area contributed by atoms with Crippen LogP contribution in [-0.2, 0) is 5.41 Å². The number of hydrogen-bond acceptors (Lipinski definition) is 6. The number of carbonyl (C=O) groups is 2. The summed E-state index contributed by atoms with van der Waals surface area (Å²) < 4.78 is 0. The first kappa shape index (κ1) is 13.6. The summed E-state index contributed by atoms with van der Waals surface area (Å²) in [5.41, 5.74) is 26.9. The van der Waals surface area contributed by atoms with Crippen LogP contribution in [0.5, 0.6) is 0 Å². The van der Waals surface area contributed by atoms with Crippen LogP contribution in [0.15, 0.2) is 24.3 Å². The Morgan fingerprint density at radius 2 is 1.00 bits per heavy atom. The number of carbonyl (C=O) groups excluding carboxylic acids is 2. The second kappa shape index (κ2) is 4.04. The SMILES string of the molecule is Nc1cc2c(cc1N)C1(CC2=O)CC(=O)c2cc(N)c(N)cc21. The van der Waals surface area contributed by atoms with Crippen molar-refractivity contribution < 1.29 is 9.59 Å². The standard InChI is InChI=1S/C17H16N4O2/c18-11-1-7-9(3-13(11)20)17(5-15(7)22)6-16(23)8-2-12(19)14(21)4-10(8)17/h1-4H,5-6,18-21H2. The molecular weight excluding hydrogens is 292 g/mol. The first-order chi connectivity index (χ1) is 10.8. The third kappa shape index (κ3) is 1.57. The fraction of sp³-hybridized carbons (Fsp3) is 0.176. The minimum atomic E-state index is -0.706. The Morgan fingerprint density at radius 1 is 0.652 bits per heavy atom. The Balaban J connectivity index is 2.04. The molecule has 2 aliphatic carbocycles. The van der Waals surface area contributed by atoms with Gasteiger partial charge >= 0.3 is 0 Å². The highest BCUT2D eigenvalue weighted by molar-refractivity contribution is 6.11. The third-order valence-corrected chi connectivity index (χ3v) is 5.00. The lowest BCUT2D eigenvalue weighted by atomic mass is 9.76. The topological polar surface area (TPSA) is 138 Å². The second-order valence-corrected chi connectivity index (χ2v) is 6.34. The Labute approximate surface area is 132 Å². The molecule has 0 amide bonds. The van der Waals surface area contributed by atoms with Crippen LogP contribution in [0.4, 0.5) is 22.7 Å². The Kier molecular flexibility index (Phi) is 2.39. The maximum atomic E-state index is 12.5. The molecule has 0 saturated heterocycles. The summed E-state index contributed by atoms with van der Waals surface area (Å²) >= 11 is 0. The van der Waals surface area contributed by atoms with Gasteiger partial charge in [-0.05, 0) is 35.4 Å². The molecule has 0 unspecified atom stereocenters. The molecule has 8 N–H and O–H groups in total. The minimum Gasteiger partial charge on any atom is -0.397 e. The van der Waals surface area contributed by atoms with Crippen molar-refractivity contribution >= 4 is 34.3 Å². The number of hydrogen-bond donors (Lipinski definition) is 4. The predicted octanol–water partition coefficient (Wildman–Crippen LogP) is 1.47. The van der Waals surface area contributed by atoms with Crippen LogP contribution >= 0.6 is 0 Å². The van der Waals surface area contributed by atoms with E-state index in [1.807, 2.05) is 0 Å². The van der Waals surface area contributed by atoms with Gasteiger partial charge in [-0.1, -0.05) is 0 Å². The van der Waals surface area contributed by atoms with Crippen LogP contribution in [0, 0.1) is 0 Å². The lowest BCUT2D eigenvalue weighted by molar-refractivity contribution is 0.0957. The van der Waals surface area contributed by atoms with Gasteiger partial charge in [-0.3, -0.25) is 9.59 Å². The smallest absolute Gasteiger partial charge is 0.164 e. The molecule has 2 aromatic rings. The van der Waals surface area contributed by atoms with Gasteiger partial charge in [0.1, 0.15) is 0 Å². The first-order valence-corrected chi connectivity index (χ1v) is 7.29. The number of benzene rings is 2. The summed E-state index contributed by atoms with van der Waals surface area (Å²) in [6.07, 6.45) is 0.431. The monoisotopic (exact) mass is 308 g/mol. The maximum Gasteiger partial charge on any atom is 0.164 e. The Morgan fingerprint density at radius 3 is 1.39 bits per heavy atom. The quantitative estimate of drug-likeness (QED) is 0.544. The molecule has 6 heteroatoms. The van der Waals surface area contributed by atoms with Crippen LogP contribution in [-0.4, -0.2) is 11.6 Å². The lowest BCUT2D eigenvalue weighted by Crippen LogP contribution is -2.23. The highest BCUT2D eigenvalue weighted by Gasteiger charge is 2.51. The summed E-state index contributed by atoms with van der Waals surface area (Å²) in [5.74, 6) is -0.0782. The number of nitrogens with two attached hydrogens (primary N) is 4. The minimum absolute atomic E-state index is 0.0391. The molecule has 0 saturated carbocycles. The summed E-state index contributed by atoms with van der Waals surface area (Å²) in [6, 6.07) is 6.63. The van der Waals surface area contributed by atoms with Crippen molar-refractivity contribution in [3.63, 3.8) is 0 Å². The molecule has 6 nitrogen and oxygen atoms in total. The molecule has 0 aliphatic heterocycles. The van der Waals surface area contributed by atoms with Crippen molar-refractivity contribution in [2.75, 3.05) is 22.9 Å². The van der Waals surface area contributed by atoms with Crippen molar-refractivity contribution in [2.24, 2.45) is 0 Å². The number of anilines is 4. The normalized spacial score (nSPS) is 17.6. The Bertz CT molecular complexity index is 842. The predicted molar refractivity (Wildman–Crippen MR) is 89.2 cm³/mol. The number of ketones is 2. The maximum absolute atomic E-state index is 12.5. The molecule has 1 spiro atoms. The van der Waals surface area contributed by atoms with Crippen molar-refractivity contribution in [3.8, 4) is 0 Å². The molecule has 0 atom stereocenters. The third-order valence-electron chi connectivity index (χ3n) is 5.00. The van der Waals surface area contributed by atoms with Gasteiger partial charge in [0.15, 0.2) is 11.6 Å². The number of nitrogen functional groups attached to an aromatic ring is 4. The largest absolute Gasteiger partial charge is 0.397 e. The molecule has 4 rings (SSSR count). The van der Waals surface area contributed by atoms with E-state index in [-0.39, 0.29) is 24.4 Å². The zero-order valence-corrected chi connectivity index (χ0v) is 12.3. The van der Waals surface area contributed by atoms with Crippen LogP contribution in [0.2, 0.25) is 0 Å². The van der Waals surface area contributed by atoms with Gasteiger partial charge in [-0.25, -0.2) is 0 Å². The molecule has 2 aromatic carbocycles. The average Bonchev–Trinajstić information content (AvgIpc) is 2.89. The van der Waals surface area contributed by atoms with Crippen molar-refractivity contribution in [1.82, 2.24) is 0 Å². The van der Waals surface area contributed by atoms with E-state index < -0.39 is 5.41 Å². The molecule has 0 aromatic heterocycles. The van der Waals surface area contributed by atoms with Gasteiger partial charge in [-0.15, -0.1) is 0 Å². The van der Waals surface area contributed by atoms with Gasteiger partial charge in [0.2, 0.25) is 0 Å². The fourth-order valence-corrected chi connectivity index (χ4v) is 3.85. The zero-order chi connectivity index (χ0) is 16.5. The van der Waals surface area contributed by atoms with E-state index in [2.05, 4.69) is 0 Å². The van der Waals surface area contributed by atoms with E-state index in [9.17, 15) is 9.59 Å². The molecule has 0 bridgehead atoms. The van der Waals surface area contributed by atoms with Crippen LogP contribution in [0.1, 0.15) is 44.7 Å². The average molecular weight is 308 g/mol. The van der Waals surface area contributed by atoms with E-state index >= 15 is 0 Å². The van der Waals surface area contributed by atoms with E-state index in [1.165, 1.54) is 0 Å². The van der Waals surface area contributed by atoms with Crippen LogP contribution in [0.25, 0.3) is 0 Å². The van der Waals surface area contributed by atoms with Crippen molar-refractivity contribution in [1.29, 1.82) is 0 Å². The summed E-state index contributed by atoms with van der Waals surface area (Å²) in [5, 5.41) is 0. The van der Waals surface area contributed by atoms with Gasteiger partial charge < -0.3 is 22.9 Å². The molecule has 116 valence electrons. The highest BCUT2D eigenvalue weighted by atomic mass is 16.1.